The zero-order valence-corrected chi connectivity index (χ0v) is 11.8. The number of likely N-dealkylation sites (tertiary alicyclic amines) is 1. The van der Waals surface area contributed by atoms with Crippen molar-refractivity contribution >= 4 is 17.7 Å². The average Bonchev–Trinajstić information content (AvgIpc) is 2.48. The van der Waals surface area contributed by atoms with Gasteiger partial charge < -0.3 is 10.0 Å². The molecule has 1 N–H and O–H groups in total. The topological polar surface area (TPSA) is 53.4 Å². The third-order valence-corrected chi connectivity index (χ3v) is 4.43. The molecule has 0 spiro atoms. The molecule has 1 aliphatic heterocycles. The van der Waals surface area contributed by atoms with Crippen LogP contribution in [0.25, 0.3) is 0 Å². The van der Waals surface area contributed by atoms with Crippen LogP contribution >= 0.6 is 11.8 Å². The molecular weight excluding hydrogens is 260 g/mol. The summed E-state index contributed by atoms with van der Waals surface area (Å²) in [5.74, 6) is 1.95. The van der Waals surface area contributed by atoms with Crippen molar-refractivity contribution in [2.45, 2.75) is 18.6 Å². The van der Waals surface area contributed by atoms with Crippen LogP contribution in [0.5, 0.6) is 0 Å². The van der Waals surface area contributed by atoms with Crippen molar-refractivity contribution in [1.82, 2.24) is 9.88 Å². The number of carbonyl (C=O) groups excluding carboxylic acids is 1. The van der Waals surface area contributed by atoms with Gasteiger partial charge in [-0.25, -0.2) is 0 Å². The number of hydrogen-bond donors (Lipinski definition) is 1. The summed E-state index contributed by atoms with van der Waals surface area (Å²) in [4.78, 5) is 18.0. The Morgan fingerprint density at radius 3 is 2.89 bits per heavy atom. The molecule has 1 saturated heterocycles. The Kier molecular flexibility index (Phi) is 5.66. The molecule has 5 heteroatoms. The smallest absolute Gasteiger partial charge is 0.232 e. The minimum absolute atomic E-state index is 0.213. The average molecular weight is 280 g/mol. The van der Waals surface area contributed by atoms with Gasteiger partial charge in [0.05, 0.1) is 5.75 Å². The Balaban J connectivity index is 1.67. The lowest BCUT2D eigenvalue weighted by Gasteiger charge is -2.31. The maximum atomic E-state index is 12.0. The lowest BCUT2D eigenvalue weighted by Crippen LogP contribution is -2.40. The van der Waals surface area contributed by atoms with Gasteiger partial charge in [0.1, 0.15) is 0 Å². The zero-order valence-electron chi connectivity index (χ0n) is 11.0. The number of piperidine rings is 1. The van der Waals surface area contributed by atoms with Crippen molar-refractivity contribution < 1.29 is 9.90 Å². The number of aromatic nitrogens is 1. The lowest BCUT2D eigenvalue weighted by atomic mass is 9.98. The van der Waals surface area contributed by atoms with E-state index in [1.54, 1.807) is 18.0 Å². The van der Waals surface area contributed by atoms with Crippen LogP contribution in [0.3, 0.4) is 0 Å². The maximum absolute atomic E-state index is 12.0. The van der Waals surface area contributed by atoms with Crippen molar-refractivity contribution in [2.75, 3.05) is 25.4 Å². The highest BCUT2D eigenvalue weighted by Gasteiger charge is 2.21. The van der Waals surface area contributed by atoms with E-state index >= 15 is 0 Å². The first kappa shape index (κ1) is 14.3. The van der Waals surface area contributed by atoms with E-state index in [1.807, 2.05) is 23.2 Å². The number of amides is 1. The molecule has 0 bridgehead atoms. The van der Waals surface area contributed by atoms with Crippen LogP contribution in [0.2, 0.25) is 0 Å². The first-order chi connectivity index (χ1) is 9.29. The third-order valence-electron chi connectivity index (χ3n) is 3.44. The molecule has 0 aromatic carbocycles. The molecular formula is C14H20N2O2S. The minimum atomic E-state index is 0.213. The van der Waals surface area contributed by atoms with E-state index in [0.29, 0.717) is 11.7 Å². The summed E-state index contributed by atoms with van der Waals surface area (Å²) >= 11 is 1.63. The van der Waals surface area contributed by atoms with E-state index < -0.39 is 0 Å². The number of thioether (sulfide) groups is 1. The fraction of sp³-hybridized carbons (Fsp3) is 0.571. The fourth-order valence-electron chi connectivity index (χ4n) is 2.20. The van der Waals surface area contributed by atoms with Crippen molar-refractivity contribution in [3.05, 3.63) is 30.1 Å². The molecule has 2 heterocycles. The molecule has 2 rings (SSSR count). The van der Waals surface area contributed by atoms with Crippen LogP contribution in [0, 0.1) is 5.92 Å². The van der Waals surface area contributed by atoms with Gasteiger partial charge in [-0.05, 0) is 30.4 Å². The standard InChI is InChI=1S/C14H20N2O2S/c17-9-12-3-6-16(7-4-12)14(18)11-19-10-13-2-1-5-15-8-13/h1-2,5,8,12,17H,3-4,6-7,9-11H2. The second-order valence-corrected chi connectivity index (χ2v) is 5.85. The monoisotopic (exact) mass is 280 g/mol. The molecule has 0 saturated carbocycles. The van der Waals surface area contributed by atoms with Gasteiger partial charge in [-0.1, -0.05) is 6.07 Å². The number of hydrogen-bond acceptors (Lipinski definition) is 4. The Labute approximate surface area is 118 Å². The highest BCUT2D eigenvalue weighted by atomic mass is 32.2. The van der Waals surface area contributed by atoms with E-state index in [-0.39, 0.29) is 12.5 Å². The molecule has 1 amide bonds. The zero-order chi connectivity index (χ0) is 13.5. The van der Waals surface area contributed by atoms with Gasteiger partial charge in [-0.15, -0.1) is 11.8 Å². The van der Waals surface area contributed by atoms with Crippen molar-refractivity contribution in [3.8, 4) is 0 Å². The molecule has 0 aliphatic carbocycles. The van der Waals surface area contributed by atoms with Crippen LogP contribution in [0.4, 0.5) is 0 Å². The molecule has 1 aromatic rings. The molecule has 0 radical (unpaired) electrons. The van der Waals surface area contributed by atoms with Gasteiger partial charge in [-0.3, -0.25) is 9.78 Å². The van der Waals surface area contributed by atoms with E-state index in [9.17, 15) is 4.79 Å². The highest BCUT2D eigenvalue weighted by molar-refractivity contribution is 7.99. The van der Waals surface area contributed by atoms with Crippen LogP contribution in [0.1, 0.15) is 18.4 Å². The second kappa shape index (κ2) is 7.50. The van der Waals surface area contributed by atoms with Crippen LogP contribution in [0.15, 0.2) is 24.5 Å². The van der Waals surface area contributed by atoms with Crippen LogP contribution in [-0.2, 0) is 10.5 Å². The molecule has 0 unspecified atom stereocenters. The number of aliphatic hydroxyl groups excluding tert-OH is 1. The second-order valence-electron chi connectivity index (χ2n) is 4.86. The Morgan fingerprint density at radius 2 is 2.26 bits per heavy atom. The van der Waals surface area contributed by atoms with Crippen molar-refractivity contribution in [3.63, 3.8) is 0 Å². The molecule has 1 aliphatic rings. The van der Waals surface area contributed by atoms with Crippen LogP contribution in [-0.4, -0.2) is 46.3 Å². The SMILES string of the molecule is O=C(CSCc1cccnc1)N1CCC(CO)CC1. The Morgan fingerprint density at radius 1 is 1.47 bits per heavy atom. The van der Waals surface area contributed by atoms with Crippen molar-refractivity contribution in [2.24, 2.45) is 5.92 Å². The lowest BCUT2D eigenvalue weighted by molar-refractivity contribution is -0.129. The first-order valence-electron chi connectivity index (χ1n) is 6.65. The van der Waals surface area contributed by atoms with Gasteiger partial charge >= 0.3 is 0 Å². The number of pyridine rings is 1. The van der Waals surface area contributed by atoms with Crippen LogP contribution < -0.4 is 0 Å². The fourth-order valence-corrected chi connectivity index (χ4v) is 3.06. The molecule has 4 nitrogen and oxygen atoms in total. The summed E-state index contributed by atoms with van der Waals surface area (Å²) in [6, 6.07) is 3.94. The van der Waals surface area contributed by atoms with E-state index in [2.05, 4.69) is 4.98 Å². The van der Waals surface area contributed by atoms with Gasteiger partial charge in [0.2, 0.25) is 5.91 Å². The highest BCUT2D eigenvalue weighted by Crippen LogP contribution is 2.18. The Bertz CT molecular complexity index is 392. The number of aliphatic hydroxyl groups is 1. The molecule has 19 heavy (non-hydrogen) atoms. The Hall–Kier alpha value is -1.07. The summed E-state index contributed by atoms with van der Waals surface area (Å²) in [6.45, 7) is 1.83. The molecule has 104 valence electrons. The summed E-state index contributed by atoms with van der Waals surface area (Å²) in [7, 11) is 0. The predicted molar refractivity (Wildman–Crippen MR) is 76.8 cm³/mol. The minimum Gasteiger partial charge on any atom is -0.396 e. The number of carbonyl (C=O) groups is 1. The van der Waals surface area contributed by atoms with E-state index in [1.165, 1.54) is 0 Å². The van der Waals surface area contributed by atoms with Gasteiger partial charge in [0.15, 0.2) is 0 Å². The quantitative estimate of drug-likeness (QED) is 0.889. The number of rotatable bonds is 5. The van der Waals surface area contributed by atoms with Gasteiger partial charge in [-0.2, -0.15) is 0 Å². The molecule has 1 fully saturated rings. The predicted octanol–water partition coefficient (Wildman–Crippen LogP) is 1.55. The van der Waals surface area contributed by atoms with Gasteiger partial charge in [0.25, 0.3) is 0 Å². The number of nitrogens with zero attached hydrogens (tertiary/aromatic N) is 2. The third kappa shape index (κ3) is 4.51. The maximum Gasteiger partial charge on any atom is 0.232 e. The summed E-state index contributed by atoms with van der Waals surface area (Å²) in [5, 5.41) is 9.07. The summed E-state index contributed by atoms with van der Waals surface area (Å²) < 4.78 is 0. The molecule has 0 atom stereocenters. The summed E-state index contributed by atoms with van der Waals surface area (Å²) in [5.41, 5.74) is 1.15. The normalized spacial score (nSPS) is 16.6. The summed E-state index contributed by atoms with van der Waals surface area (Å²) in [6.07, 6.45) is 5.44. The van der Waals surface area contributed by atoms with E-state index in [4.69, 9.17) is 5.11 Å². The van der Waals surface area contributed by atoms with Gasteiger partial charge in [0, 0.05) is 37.8 Å². The molecule has 1 aromatic heterocycles. The largest absolute Gasteiger partial charge is 0.396 e. The van der Waals surface area contributed by atoms with Crippen molar-refractivity contribution in [1.29, 1.82) is 0 Å². The van der Waals surface area contributed by atoms with E-state index in [0.717, 1.165) is 37.2 Å². The first-order valence-corrected chi connectivity index (χ1v) is 7.80.